The highest BCUT2D eigenvalue weighted by Gasteiger charge is 2.35. The number of nitrogens with zero attached hydrogens (tertiary/aromatic N) is 3. The lowest BCUT2D eigenvalue weighted by Gasteiger charge is -2.25. The van der Waals surface area contributed by atoms with E-state index >= 15 is 0 Å². The molecule has 0 amide bonds. The number of azide groups is 1. The first-order chi connectivity index (χ1) is 8.49. The summed E-state index contributed by atoms with van der Waals surface area (Å²) in [7, 11) is 0. The van der Waals surface area contributed by atoms with Gasteiger partial charge in [-0.3, -0.25) is 0 Å². The molecule has 0 fully saturated rings. The Kier molecular flexibility index (Phi) is 8.06. The topological polar surface area (TPSA) is 136 Å². The number of aliphatic hydroxyl groups is 3. The van der Waals surface area contributed by atoms with Gasteiger partial charge in [-0.1, -0.05) is 18.5 Å². The van der Waals surface area contributed by atoms with Gasteiger partial charge in [0.15, 0.2) is 6.10 Å². The Hall–Kier alpha value is -1.34. The van der Waals surface area contributed by atoms with Crippen LogP contribution in [0.3, 0.4) is 0 Å². The van der Waals surface area contributed by atoms with Crippen molar-refractivity contribution >= 4 is 5.97 Å². The van der Waals surface area contributed by atoms with Gasteiger partial charge < -0.3 is 20.1 Å². The maximum atomic E-state index is 11.2. The zero-order valence-electron chi connectivity index (χ0n) is 10.4. The second kappa shape index (κ2) is 8.71. The molecular formula is C10H19N3O5. The number of rotatable bonds is 8. The van der Waals surface area contributed by atoms with Crippen LogP contribution in [0.5, 0.6) is 0 Å². The molecule has 0 aromatic heterocycles. The zero-order valence-corrected chi connectivity index (χ0v) is 10.4. The molecule has 0 rings (SSSR count). The van der Waals surface area contributed by atoms with E-state index in [2.05, 4.69) is 14.8 Å². The number of ether oxygens (including phenoxy) is 1. The summed E-state index contributed by atoms with van der Waals surface area (Å²) in [5.74, 6) is -1.02. The van der Waals surface area contributed by atoms with Crippen molar-refractivity contribution in [3.05, 3.63) is 10.4 Å². The van der Waals surface area contributed by atoms with Crippen molar-refractivity contribution < 1.29 is 24.9 Å². The number of aliphatic hydroxyl groups excluding tert-OH is 3. The van der Waals surface area contributed by atoms with Crippen LogP contribution in [0.15, 0.2) is 5.11 Å². The summed E-state index contributed by atoms with van der Waals surface area (Å²) >= 11 is 0. The molecule has 0 saturated heterocycles. The molecule has 0 aliphatic rings. The van der Waals surface area contributed by atoms with Crippen molar-refractivity contribution in [2.45, 2.75) is 51.0 Å². The highest BCUT2D eigenvalue weighted by Crippen LogP contribution is 2.14. The van der Waals surface area contributed by atoms with Crippen molar-refractivity contribution in [2.24, 2.45) is 5.11 Å². The fraction of sp³-hybridized carbons (Fsp3) is 0.900. The van der Waals surface area contributed by atoms with Gasteiger partial charge in [0, 0.05) is 4.91 Å². The minimum Gasteiger partial charge on any atom is -0.464 e. The van der Waals surface area contributed by atoms with Crippen molar-refractivity contribution in [3.63, 3.8) is 0 Å². The van der Waals surface area contributed by atoms with E-state index in [0.717, 1.165) is 0 Å². The first-order valence-corrected chi connectivity index (χ1v) is 5.74. The summed E-state index contributed by atoms with van der Waals surface area (Å²) in [6.07, 6.45) is -3.82. The fourth-order valence-corrected chi connectivity index (χ4v) is 1.45. The molecule has 8 heteroatoms. The number of esters is 1. The van der Waals surface area contributed by atoms with Crippen LogP contribution >= 0.6 is 0 Å². The third-order valence-corrected chi connectivity index (χ3v) is 2.37. The lowest BCUT2D eigenvalue weighted by Crippen LogP contribution is -2.47. The fourth-order valence-electron chi connectivity index (χ4n) is 1.45. The van der Waals surface area contributed by atoms with Gasteiger partial charge in [0.05, 0.1) is 18.8 Å². The molecule has 0 aromatic rings. The molecule has 0 unspecified atom stereocenters. The molecule has 0 saturated carbocycles. The van der Waals surface area contributed by atoms with Crippen LogP contribution in [0.4, 0.5) is 0 Å². The van der Waals surface area contributed by atoms with Gasteiger partial charge in [-0.2, -0.15) is 0 Å². The summed E-state index contributed by atoms with van der Waals surface area (Å²) in [4.78, 5) is 13.7. The highest BCUT2D eigenvalue weighted by molar-refractivity contribution is 5.75. The minimum atomic E-state index is -1.85. The smallest absolute Gasteiger partial charge is 0.337 e. The van der Waals surface area contributed by atoms with Gasteiger partial charge >= 0.3 is 5.97 Å². The minimum absolute atomic E-state index is 0.0479. The molecule has 3 N–H and O–H groups in total. The van der Waals surface area contributed by atoms with Crippen LogP contribution in [0.25, 0.3) is 10.4 Å². The van der Waals surface area contributed by atoms with Gasteiger partial charge in [-0.05, 0) is 18.9 Å². The van der Waals surface area contributed by atoms with Crippen LogP contribution < -0.4 is 0 Å². The van der Waals surface area contributed by atoms with E-state index in [4.69, 9.17) is 5.53 Å². The molecule has 8 nitrogen and oxygen atoms in total. The quantitative estimate of drug-likeness (QED) is 0.246. The van der Waals surface area contributed by atoms with E-state index in [-0.39, 0.29) is 13.0 Å². The highest BCUT2D eigenvalue weighted by atomic mass is 16.5. The number of hydrogen-bond donors (Lipinski definition) is 3. The Morgan fingerprint density at radius 2 is 2.00 bits per heavy atom. The van der Waals surface area contributed by atoms with Gasteiger partial charge in [-0.15, -0.1) is 0 Å². The predicted molar refractivity (Wildman–Crippen MR) is 62.5 cm³/mol. The molecular weight excluding hydrogens is 242 g/mol. The molecule has 104 valence electrons. The largest absolute Gasteiger partial charge is 0.464 e. The van der Waals surface area contributed by atoms with Crippen LogP contribution in [-0.2, 0) is 9.53 Å². The maximum Gasteiger partial charge on any atom is 0.337 e. The lowest BCUT2D eigenvalue weighted by molar-refractivity contribution is -0.161. The predicted octanol–water partition coefficient (Wildman–Crippen LogP) is 0.111. The maximum absolute atomic E-state index is 11.2. The molecule has 0 aliphatic heterocycles. The van der Waals surface area contributed by atoms with E-state index in [1.807, 2.05) is 0 Å². The summed E-state index contributed by atoms with van der Waals surface area (Å²) in [5, 5.41) is 32.1. The molecule has 0 aromatic carbocycles. The molecule has 18 heavy (non-hydrogen) atoms. The lowest BCUT2D eigenvalue weighted by atomic mass is 9.98. The molecule has 0 heterocycles. The number of hydrogen-bond acceptors (Lipinski definition) is 6. The summed E-state index contributed by atoms with van der Waals surface area (Å²) in [6.45, 7) is 3.39. The standard InChI is InChI=1S/C10H19N3O5/c1-3-5-6(14)7(12-13-11)8(15)9(16)10(17)18-4-2/h6-9,14-16H,3-5H2,1-2H3/t6-,7-,8-,9+/m0/s1. The Balaban J connectivity index is 4.79. The number of carbonyl (C=O) groups excluding carboxylic acids is 1. The van der Waals surface area contributed by atoms with E-state index in [0.29, 0.717) is 6.42 Å². The molecule has 4 atom stereocenters. The van der Waals surface area contributed by atoms with Gasteiger partial charge in [0.25, 0.3) is 0 Å². The first-order valence-electron chi connectivity index (χ1n) is 5.74. The molecule has 0 radical (unpaired) electrons. The average molecular weight is 261 g/mol. The van der Waals surface area contributed by atoms with Crippen molar-refractivity contribution in [1.29, 1.82) is 0 Å². The second-order valence-corrected chi connectivity index (χ2v) is 3.74. The van der Waals surface area contributed by atoms with Crippen LogP contribution in [0.2, 0.25) is 0 Å². The van der Waals surface area contributed by atoms with Crippen molar-refractivity contribution in [1.82, 2.24) is 0 Å². The van der Waals surface area contributed by atoms with E-state index in [9.17, 15) is 20.1 Å². The van der Waals surface area contributed by atoms with Crippen LogP contribution in [0, 0.1) is 0 Å². The van der Waals surface area contributed by atoms with E-state index in [1.165, 1.54) is 0 Å². The summed E-state index contributed by atoms with van der Waals surface area (Å²) in [5.41, 5.74) is 8.36. The SMILES string of the molecule is CCC[C@H](O)[C@H](N=[N+]=[N-])[C@H](O)[C@@H](O)C(=O)OCC. The monoisotopic (exact) mass is 261 g/mol. The van der Waals surface area contributed by atoms with Crippen molar-refractivity contribution in [3.8, 4) is 0 Å². The Morgan fingerprint density at radius 3 is 2.44 bits per heavy atom. The third kappa shape index (κ3) is 4.89. The van der Waals surface area contributed by atoms with Gasteiger partial charge in [-0.25, -0.2) is 4.79 Å². The molecule has 0 spiro atoms. The second-order valence-electron chi connectivity index (χ2n) is 3.74. The Morgan fingerprint density at radius 1 is 1.39 bits per heavy atom. The van der Waals surface area contributed by atoms with Gasteiger partial charge in [0.2, 0.25) is 0 Å². The molecule has 0 bridgehead atoms. The van der Waals surface area contributed by atoms with Crippen LogP contribution in [0.1, 0.15) is 26.7 Å². The normalized spacial score (nSPS) is 17.2. The Labute approximate surface area is 105 Å². The third-order valence-electron chi connectivity index (χ3n) is 2.37. The van der Waals surface area contributed by atoms with Crippen LogP contribution in [-0.4, -0.2) is 52.2 Å². The van der Waals surface area contributed by atoms with Gasteiger partial charge in [0.1, 0.15) is 6.10 Å². The molecule has 0 aliphatic carbocycles. The number of carbonyl (C=O) groups is 1. The van der Waals surface area contributed by atoms with E-state index < -0.39 is 30.3 Å². The Bertz CT molecular complexity index is 306. The average Bonchev–Trinajstić information content (AvgIpc) is 2.34. The first kappa shape index (κ1) is 16.7. The zero-order chi connectivity index (χ0) is 14.1. The summed E-state index contributed by atoms with van der Waals surface area (Å²) in [6, 6.07) is -1.30. The summed E-state index contributed by atoms with van der Waals surface area (Å²) < 4.78 is 4.53. The van der Waals surface area contributed by atoms with E-state index in [1.54, 1.807) is 13.8 Å². The van der Waals surface area contributed by atoms with Crippen molar-refractivity contribution in [2.75, 3.05) is 6.61 Å².